The first-order chi connectivity index (χ1) is 9.02. The Balaban J connectivity index is 2.11. The Kier molecular flexibility index (Phi) is 4.42. The molecule has 0 saturated heterocycles. The Hall–Kier alpha value is -1.14. The molecular formula is C13H19BrN4O. The molecule has 2 rings (SSSR count). The maximum absolute atomic E-state index is 8.91. The van der Waals surface area contributed by atoms with E-state index >= 15 is 0 Å². The molecule has 104 valence electrons. The fourth-order valence-corrected chi connectivity index (χ4v) is 2.39. The highest BCUT2D eigenvalue weighted by atomic mass is 79.9. The zero-order valence-corrected chi connectivity index (χ0v) is 12.8. The van der Waals surface area contributed by atoms with Crippen LogP contribution in [0.4, 0.5) is 5.82 Å². The van der Waals surface area contributed by atoms with Gasteiger partial charge in [-0.2, -0.15) is 0 Å². The van der Waals surface area contributed by atoms with Gasteiger partial charge in [-0.1, -0.05) is 13.8 Å². The molecule has 0 spiro atoms. The van der Waals surface area contributed by atoms with Gasteiger partial charge in [-0.25, -0.2) is 9.97 Å². The predicted molar refractivity (Wildman–Crippen MR) is 79.3 cm³/mol. The number of rotatable bonds is 6. The molecule has 0 aromatic carbocycles. The van der Waals surface area contributed by atoms with E-state index in [1.54, 1.807) is 6.20 Å². The first kappa shape index (κ1) is 14.3. The normalized spacial score (nSPS) is 12.0. The van der Waals surface area contributed by atoms with E-state index in [1.165, 1.54) is 0 Å². The molecule has 0 aliphatic rings. The SMILES string of the molecule is CC(C)(CCCO)CNc1nc(Br)cn2ccnc12. The fraction of sp³-hybridized carbons (Fsp3) is 0.538. The number of aliphatic hydroxyl groups is 1. The van der Waals surface area contributed by atoms with Gasteiger partial charge in [0, 0.05) is 31.7 Å². The van der Waals surface area contributed by atoms with Crippen molar-refractivity contribution in [3.05, 3.63) is 23.2 Å². The lowest BCUT2D eigenvalue weighted by atomic mass is 9.88. The van der Waals surface area contributed by atoms with Crippen molar-refractivity contribution in [3.63, 3.8) is 0 Å². The van der Waals surface area contributed by atoms with Gasteiger partial charge in [-0.15, -0.1) is 0 Å². The molecule has 2 aromatic heterocycles. The van der Waals surface area contributed by atoms with E-state index in [-0.39, 0.29) is 12.0 Å². The van der Waals surface area contributed by atoms with Crippen LogP contribution in [-0.4, -0.2) is 32.6 Å². The summed E-state index contributed by atoms with van der Waals surface area (Å²) in [6.45, 7) is 5.38. The third-order valence-corrected chi connectivity index (χ3v) is 3.47. The van der Waals surface area contributed by atoms with Gasteiger partial charge in [0.25, 0.3) is 0 Å². The maximum Gasteiger partial charge on any atom is 0.180 e. The molecule has 5 nitrogen and oxygen atoms in total. The Bertz CT molecular complexity index is 553. The van der Waals surface area contributed by atoms with Crippen LogP contribution in [0.2, 0.25) is 0 Å². The number of aromatic nitrogens is 3. The predicted octanol–water partition coefficient (Wildman–Crippen LogP) is 2.70. The Labute approximate surface area is 121 Å². The summed E-state index contributed by atoms with van der Waals surface area (Å²) in [7, 11) is 0. The van der Waals surface area contributed by atoms with Crippen molar-refractivity contribution in [1.29, 1.82) is 0 Å². The van der Waals surface area contributed by atoms with E-state index in [4.69, 9.17) is 5.11 Å². The Morgan fingerprint density at radius 1 is 1.47 bits per heavy atom. The summed E-state index contributed by atoms with van der Waals surface area (Å²) in [6, 6.07) is 0. The van der Waals surface area contributed by atoms with Crippen molar-refractivity contribution in [3.8, 4) is 0 Å². The second-order valence-electron chi connectivity index (χ2n) is 5.42. The maximum atomic E-state index is 8.91. The topological polar surface area (TPSA) is 62.5 Å². The average Bonchev–Trinajstić information content (AvgIpc) is 2.81. The summed E-state index contributed by atoms with van der Waals surface area (Å²) in [5.74, 6) is 0.774. The lowest BCUT2D eigenvalue weighted by molar-refractivity contribution is 0.248. The number of hydrogen-bond donors (Lipinski definition) is 2. The minimum absolute atomic E-state index is 0.107. The molecule has 0 atom stereocenters. The van der Waals surface area contributed by atoms with Crippen LogP contribution in [0, 0.1) is 5.41 Å². The molecule has 0 radical (unpaired) electrons. The first-order valence-electron chi connectivity index (χ1n) is 6.36. The third-order valence-electron chi connectivity index (χ3n) is 3.09. The highest BCUT2D eigenvalue weighted by Gasteiger charge is 2.18. The van der Waals surface area contributed by atoms with Gasteiger partial charge in [0.1, 0.15) is 4.60 Å². The summed E-state index contributed by atoms with van der Waals surface area (Å²) in [6.07, 6.45) is 7.31. The van der Waals surface area contributed by atoms with Crippen molar-refractivity contribution in [2.45, 2.75) is 26.7 Å². The number of fused-ring (bicyclic) bond motifs is 1. The summed E-state index contributed by atoms with van der Waals surface area (Å²) in [4.78, 5) is 8.73. The van der Waals surface area contributed by atoms with Gasteiger partial charge in [-0.3, -0.25) is 0 Å². The molecule has 0 unspecified atom stereocenters. The van der Waals surface area contributed by atoms with Crippen molar-refractivity contribution in [2.75, 3.05) is 18.5 Å². The highest BCUT2D eigenvalue weighted by Crippen LogP contribution is 2.24. The van der Waals surface area contributed by atoms with Crippen LogP contribution in [0.25, 0.3) is 5.65 Å². The van der Waals surface area contributed by atoms with Gasteiger partial charge in [0.2, 0.25) is 0 Å². The van der Waals surface area contributed by atoms with Crippen LogP contribution in [-0.2, 0) is 0 Å². The Morgan fingerprint density at radius 3 is 3.00 bits per heavy atom. The van der Waals surface area contributed by atoms with Gasteiger partial charge in [-0.05, 0) is 34.2 Å². The van der Waals surface area contributed by atoms with E-state index in [2.05, 4.69) is 45.1 Å². The third kappa shape index (κ3) is 3.67. The largest absolute Gasteiger partial charge is 0.396 e. The van der Waals surface area contributed by atoms with Crippen LogP contribution in [0.3, 0.4) is 0 Å². The smallest absolute Gasteiger partial charge is 0.180 e. The van der Waals surface area contributed by atoms with Crippen LogP contribution in [0.5, 0.6) is 0 Å². The lowest BCUT2D eigenvalue weighted by Gasteiger charge is -2.25. The number of aliphatic hydroxyl groups excluding tert-OH is 1. The number of nitrogens with one attached hydrogen (secondary N) is 1. The summed E-state index contributed by atoms with van der Waals surface area (Å²) < 4.78 is 2.70. The second-order valence-corrected chi connectivity index (χ2v) is 6.23. The molecular weight excluding hydrogens is 308 g/mol. The van der Waals surface area contributed by atoms with Gasteiger partial charge in [0.15, 0.2) is 11.5 Å². The van der Waals surface area contributed by atoms with E-state index in [0.29, 0.717) is 0 Å². The van der Waals surface area contributed by atoms with Gasteiger partial charge >= 0.3 is 0 Å². The summed E-state index contributed by atoms with van der Waals surface area (Å²) >= 11 is 3.40. The molecule has 0 aliphatic heterocycles. The standard InChI is InChI=1S/C13H19BrN4O/c1-13(2,4-3-7-19)9-16-11-12-15-5-6-18(12)8-10(14)17-11/h5-6,8,19H,3-4,7,9H2,1-2H3,(H,16,17). The molecule has 6 heteroatoms. The second kappa shape index (κ2) is 5.88. The molecule has 0 bridgehead atoms. The van der Waals surface area contributed by atoms with Crippen molar-refractivity contribution in [1.82, 2.24) is 14.4 Å². The van der Waals surface area contributed by atoms with Crippen LogP contribution in [0.1, 0.15) is 26.7 Å². The van der Waals surface area contributed by atoms with Crippen LogP contribution >= 0.6 is 15.9 Å². The number of halogens is 1. The quantitative estimate of drug-likeness (QED) is 0.856. The van der Waals surface area contributed by atoms with Crippen molar-refractivity contribution < 1.29 is 5.11 Å². The minimum Gasteiger partial charge on any atom is -0.396 e. The molecule has 0 saturated carbocycles. The Morgan fingerprint density at radius 2 is 2.26 bits per heavy atom. The molecule has 0 fully saturated rings. The molecule has 2 N–H and O–H groups in total. The average molecular weight is 327 g/mol. The van der Waals surface area contributed by atoms with Crippen LogP contribution < -0.4 is 5.32 Å². The first-order valence-corrected chi connectivity index (χ1v) is 7.15. The molecule has 0 amide bonds. The van der Waals surface area contributed by atoms with Crippen LogP contribution in [0.15, 0.2) is 23.2 Å². The fourth-order valence-electron chi connectivity index (χ4n) is 1.99. The number of hydrogen-bond acceptors (Lipinski definition) is 4. The molecule has 2 heterocycles. The monoisotopic (exact) mass is 326 g/mol. The highest BCUT2D eigenvalue weighted by molar-refractivity contribution is 9.10. The van der Waals surface area contributed by atoms with E-state index in [9.17, 15) is 0 Å². The molecule has 0 aliphatic carbocycles. The lowest BCUT2D eigenvalue weighted by Crippen LogP contribution is -2.24. The number of anilines is 1. The van der Waals surface area contributed by atoms with Gasteiger partial charge in [0.05, 0.1) is 0 Å². The van der Waals surface area contributed by atoms with Gasteiger partial charge < -0.3 is 14.8 Å². The zero-order chi connectivity index (χ0) is 13.9. The summed E-state index contributed by atoms with van der Waals surface area (Å²) in [5, 5.41) is 12.3. The molecule has 2 aromatic rings. The summed E-state index contributed by atoms with van der Waals surface area (Å²) in [5.41, 5.74) is 0.928. The van der Waals surface area contributed by atoms with E-state index < -0.39 is 0 Å². The number of nitrogens with zero attached hydrogens (tertiary/aromatic N) is 3. The zero-order valence-electron chi connectivity index (χ0n) is 11.2. The van der Waals surface area contributed by atoms with E-state index in [1.807, 2.05) is 16.8 Å². The molecule has 19 heavy (non-hydrogen) atoms. The number of imidazole rings is 1. The van der Waals surface area contributed by atoms with Crippen molar-refractivity contribution >= 4 is 27.4 Å². The van der Waals surface area contributed by atoms with E-state index in [0.717, 1.165) is 35.5 Å². The minimum atomic E-state index is 0.107. The van der Waals surface area contributed by atoms with Crippen molar-refractivity contribution in [2.24, 2.45) is 5.41 Å².